The van der Waals surface area contributed by atoms with Crippen LogP contribution in [0, 0.1) is 18.3 Å². The number of aryl methyl sites for hydroxylation is 2. The third-order valence-corrected chi connectivity index (χ3v) is 6.48. The zero-order chi connectivity index (χ0) is 22.6. The first kappa shape index (κ1) is 20.9. The monoisotopic (exact) mass is 450 g/mol. The first-order valence-corrected chi connectivity index (χ1v) is 11.7. The predicted octanol–water partition coefficient (Wildman–Crippen LogP) is 6.84. The van der Waals surface area contributed by atoms with E-state index in [-0.39, 0.29) is 0 Å². The third kappa shape index (κ3) is 4.64. The highest BCUT2D eigenvalue weighted by molar-refractivity contribution is 7.18. The van der Waals surface area contributed by atoms with E-state index in [1.165, 1.54) is 10.4 Å². The van der Waals surface area contributed by atoms with Crippen molar-refractivity contribution in [1.29, 1.82) is 5.26 Å². The second-order valence-corrected chi connectivity index (χ2v) is 9.13. The predicted molar refractivity (Wildman–Crippen MR) is 133 cm³/mol. The Morgan fingerprint density at radius 3 is 2.42 bits per heavy atom. The van der Waals surface area contributed by atoms with Crippen LogP contribution >= 0.6 is 11.3 Å². The van der Waals surface area contributed by atoms with Crippen LogP contribution in [0.5, 0.6) is 0 Å². The van der Waals surface area contributed by atoms with E-state index >= 15 is 0 Å². The van der Waals surface area contributed by atoms with Crippen molar-refractivity contribution in [1.82, 2.24) is 9.97 Å². The smallest absolute Gasteiger partial charge is 0.166 e. The minimum Gasteiger partial charge on any atom is -0.472 e. The lowest BCUT2D eigenvalue weighted by atomic mass is 10.0. The molecule has 0 saturated carbocycles. The molecule has 5 aromatic rings. The molecule has 0 spiro atoms. The minimum absolute atomic E-state index is 0.679. The summed E-state index contributed by atoms with van der Waals surface area (Å²) in [5, 5.41) is 13.5. The quantitative estimate of drug-likeness (QED) is 0.275. The summed E-state index contributed by atoms with van der Waals surface area (Å²) in [6, 6.07) is 22.5. The highest BCUT2D eigenvalue weighted by Crippen LogP contribution is 2.31. The van der Waals surface area contributed by atoms with E-state index < -0.39 is 0 Å². The fourth-order valence-electron chi connectivity index (χ4n) is 3.80. The largest absolute Gasteiger partial charge is 0.472 e. The molecule has 162 valence electrons. The molecule has 0 bridgehead atoms. The fourth-order valence-corrected chi connectivity index (χ4v) is 4.68. The Kier molecular flexibility index (Phi) is 5.88. The van der Waals surface area contributed by atoms with E-state index in [0.29, 0.717) is 11.4 Å². The van der Waals surface area contributed by atoms with Crippen molar-refractivity contribution in [2.45, 2.75) is 19.8 Å². The Morgan fingerprint density at radius 2 is 1.73 bits per heavy atom. The van der Waals surface area contributed by atoms with E-state index in [2.05, 4.69) is 48.6 Å². The van der Waals surface area contributed by atoms with E-state index in [0.717, 1.165) is 52.1 Å². The number of benzene rings is 2. The standard InChI is InChI=1S/C27H22N4OS/c1-18-15-24-26(30-25(31-27(24)33-18)23-12-14-32-17-23)29-13-2-3-19-4-8-21(9-5-19)22-10-6-20(16-28)7-11-22/h4-12,14-15,17H,2-3,13H2,1H3,(H,29,30,31). The molecule has 3 aromatic heterocycles. The van der Waals surface area contributed by atoms with Crippen LogP contribution in [0.25, 0.3) is 32.7 Å². The van der Waals surface area contributed by atoms with Crippen molar-refractivity contribution in [2.24, 2.45) is 0 Å². The van der Waals surface area contributed by atoms with Crippen molar-refractivity contribution in [3.63, 3.8) is 0 Å². The molecule has 0 aliphatic carbocycles. The van der Waals surface area contributed by atoms with Crippen molar-refractivity contribution in [3.05, 3.63) is 89.2 Å². The molecule has 0 saturated heterocycles. The van der Waals surface area contributed by atoms with Crippen molar-refractivity contribution in [3.8, 4) is 28.6 Å². The first-order valence-electron chi connectivity index (χ1n) is 10.8. The summed E-state index contributed by atoms with van der Waals surface area (Å²) >= 11 is 1.68. The topological polar surface area (TPSA) is 74.7 Å². The Labute approximate surface area is 196 Å². The Morgan fingerprint density at radius 1 is 0.970 bits per heavy atom. The second-order valence-electron chi connectivity index (χ2n) is 7.90. The van der Waals surface area contributed by atoms with Gasteiger partial charge in [-0.15, -0.1) is 11.3 Å². The van der Waals surface area contributed by atoms with Crippen molar-refractivity contribution < 1.29 is 4.42 Å². The molecule has 3 heterocycles. The maximum atomic E-state index is 8.96. The summed E-state index contributed by atoms with van der Waals surface area (Å²) in [4.78, 5) is 11.7. The lowest BCUT2D eigenvalue weighted by Gasteiger charge is -2.09. The molecule has 0 unspecified atom stereocenters. The number of hydrogen-bond donors (Lipinski definition) is 1. The van der Waals surface area contributed by atoms with E-state index in [1.807, 2.05) is 30.3 Å². The van der Waals surface area contributed by atoms with Crippen molar-refractivity contribution in [2.75, 3.05) is 11.9 Å². The normalized spacial score (nSPS) is 10.9. The summed E-state index contributed by atoms with van der Waals surface area (Å²) in [5.41, 5.74) is 5.14. The average molecular weight is 451 g/mol. The number of thiophene rings is 1. The minimum atomic E-state index is 0.679. The second kappa shape index (κ2) is 9.27. The molecule has 33 heavy (non-hydrogen) atoms. The molecule has 5 rings (SSSR count). The maximum absolute atomic E-state index is 8.96. The SMILES string of the molecule is Cc1cc2c(NCCCc3ccc(-c4ccc(C#N)cc4)cc3)nc(-c3ccoc3)nc2s1. The van der Waals surface area contributed by atoms with Crippen LogP contribution in [0.4, 0.5) is 5.82 Å². The highest BCUT2D eigenvalue weighted by Gasteiger charge is 2.12. The molecule has 5 nitrogen and oxygen atoms in total. The third-order valence-electron chi connectivity index (χ3n) is 5.53. The lowest BCUT2D eigenvalue weighted by Crippen LogP contribution is -2.06. The molecule has 1 N–H and O–H groups in total. The molecule has 0 amide bonds. The molecule has 0 radical (unpaired) electrons. The van der Waals surface area contributed by atoms with Gasteiger partial charge in [0.15, 0.2) is 5.82 Å². The zero-order valence-corrected chi connectivity index (χ0v) is 19.0. The van der Waals surface area contributed by atoms with Crippen LogP contribution in [-0.4, -0.2) is 16.5 Å². The summed E-state index contributed by atoms with van der Waals surface area (Å²) in [7, 11) is 0. The van der Waals surface area contributed by atoms with Crippen LogP contribution in [0.3, 0.4) is 0 Å². The molecular formula is C27H22N4OS. The van der Waals surface area contributed by atoms with Gasteiger partial charge in [-0.2, -0.15) is 5.26 Å². The number of rotatable bonds is 7. The number of fused-ring (bicyclic) bond motifs is 1. The summed E-state index contributed by atoms with van der Waals surface area (Å²) in [6.45, 7) is 2.92. The van der Waals surface area contributed by atoms with Gasteiger partial charge in [-0.3, -0.25) is 0 Å². The number of furan rings is 1. The van der Waals surface area contributed by atoms with Gasteiger partial charge < -0.3 is 9.73 Å². The molecule has 2 aromatic carbocycles. The van der Waals surface area contributed by atoms with Gasteiger partial charge in [-0.25, -0.2) is 9.97 Å². The number of nitrogens with one attached hydrogen (secondary N) is 1. The zero-order valence-electron chi connectivity index (χ0n) is 18.2. The summed E-state index contributed by atoms with van der Waals surface area (Å²) in [6.07, 6.45) is 5.28. The Bertz CT molecular complexity index is 1410. The first-order chi connectivity index (χ1) is 16.2. The van der Waals surface area contributed by atoms with Gasteiger partial charge in [0.25, 0.3) is 0 Å². The summed E-state index contributed by atoms with van der Waals surface area (Å²) < 4.78 is 5.21. The average Bonchev–Trinajstić information content (AvgIpc) is 3.51. The van der Waals surface area contributed by atoms with E-state index in [9.17, 15) is 0 Å². The number of nitriles is 1. The van der Waals surface area contributed by atoms with Crippen molar-refractivity contribution >= 4 is 27.4 Å². The van der Waals surface area contributed by atoms with Crippen LogP contribution < -0.4 is 5.32 Å². The fraction of sp³-hybridized carbons (Fsp3) is 0.148. The van der Waals surface area contributed by atoms with Gasteiger partial charge >= 0.3 is 0 Å². The number of aromatic nitrogens is 2. The van der Waals surface area contributed by atoms with Crippen LogP contribution in [0.15, 0.2) is 77.6 Å². The molecule has 0 fully saturated rings. The molecular weight excluding hydrogens is 428 g/mol. The molecule has 0 aliphatic rings. The van der Waals surface area contributed by atoms with Crippen LogP contribution in [0.2, 0.25) is 0 Å². The number of nitrogens with zero attached hydrogens (tertiary/aromatic N) is 3. The molecule has 6 heteroatoms. The van der Waals surface area contributed by atoms with Gasteiger partial charge in [0.1, 0.15) is 16.9 Å². The van der Waals surface area contributed by atoms with E-state index in [4.69, 9.17) is 19.6 Å². The van der Waals surface area contributed by atoms with Crippen LogP contribution in [-0.2, 0) is 6.42 Å². The van der Waals surface area contributed by atoms with Gasteiger partial charge in [-0.1, -0.05) is 36.4 Å². The van der Waals surface area contributed by atoms with Gasteiger partial charge in [-0.05, 0) is 60.7 Å². The Hall–Kier alpha value is -3.95. The Balaban J connectivity index is 1.23. The van der Waals surface area contributed by atoms with Crippen LogP contribution in [0.1, 0.15) is 22.4 Å². The highest BCUT2D eigenvalue weighted by atomic mass is 32.1. The van der Waals surface area contributed by atoms with Gasteiger partial charge in [0, 0.05) is 11.4 Å². The lowest BCUT2D eigenvalue weighted by molar-refractivity contribution is 0.568. The summed E-state index contributed by atoms with van der Waals surface area (Å²) in [5.74, 6) is 1.55. The number of anilines is 1. The van der Waals surface area contributed by atoms with E-state index in [1.54, 1.807) is 23.9 Å². The number of hydrogen-bond acceptors (Lipinski definition) is 6. The van der Waals surface area contributed by atoms with Gasteiger partial charge in [0.2, 0.25) is 0 Å². The maximum Gasteiger partial charge on any atom is 0.166 e. The molecule has 0 atom stereocenters. The molecule has 0 aliphatic heterocycles. The van der Waals surface area contributed by atoms with Gasteiger partial charge in [0.05, 0.1) is 28.8 Å².